The molecule has 0 radical (unpaired) electrons. The van der Waals surface area contributed by atoms with Gasteiger partial charge in [0.1, 0.15) is 5.37 Å². The molecule has 1 aromatic heterocycles. The third kappa shape index (κ3) is 4.24. The smallest absolute Gasteiger partial charge is 0.103 e. The van der Waals surface area contributed by atoms with Gasteiger partial charge in [0.05, 0.1) is 22.8 Å². The van der Waals surface area contributed by atoms with Gasteiger partial charge in [0, 0.05) is 44.0 Å². The van der Waals surface area contributed by atoms with E-state index < -0.39 is 0 Å². The van der Waals surface area contributed by atoms with Crippen molar-refractivity contribution in [2.75, 3.05) is 10.2 Å². The first-order chi connectivity index (χ1) is 26.3. The minimum Gasteiger partial charge on any atom is -0.368 e. The summed E-state index contributed by atoms with van der Waals surface area (Å²) in [6.45, 7) is 0. The van der Waals surface area contributed by atoms with Crippen LogP contribution in [0.4, 0.5) is 17.1 Å². The molecular formula is C49H33N3S. The van der Waals surface area contributed by atoms with E-state index in [1.807, 2.05) is 11.8 Å². The number of nitrogens with zero attached hydrogens (tertiary/aromatic N) is 2. The first-order valence-electron chi connectivity index (χ1n) is 18.4. The molecule has 12 rings (SSSR count). The number of benzene rings is 8. The summed E-state index contributed by atoms with van der Waals surface area (Å²) in [5.74, 6) is 0.223. The average molecular weight is 696 g/mol. The summed E-state index contributed by atoms with van der Waals surface area (Å²) in [7, 11) is 0. The molecule has 8 aromatic carbocycles. The van der Waals surface area contributed by atoms with Gasteiger partial charge in [0.2, 0.25) is 0 Å². The Kier molecular flexibility index (Phi) is 6.17. The zero-order valence-corrected chi connectivity index (χ0v) is 29.6. The van der Waals surface area contributed by atoms with Crippen molar-refractivity contribution in [3.63, 3.8) is 0 Å². The molecule has 9 aromatic rings. The Morgan fingerprint density at radius 2 is 1.32 bits per heavy atom. The molecule has 0 saturated carbocycles. The quantitative estimate of drug-likeness (QED) is 0.186. The lowest BCUT2D eigenvalue weighted by Crippen LogP contribution is -2.30. The highest BCUT2D eigenvalue weighted by Gasteiger charge is 2.42. The molecule has 3 unspecified atom stereocenters. The Morgan fingerprint density at radius 1 is 0.547 bits per heavy atom. The predicted molar refractivity (Wildman–Crippen MR) is 224 cm³/mol. The summed E-state index contributed by atoms with van der Waals surface area (Å²) < 4.78 is 2.44. The zero-order chi connectivity index (χ0) is 34.6. The largest absolute Gasteiger partial charge is 0.368 e. The third-order valence-electron chi connectivity index (χ3n) is 11.7. The van der Waals surface area contributed by atoms with Crippen LogP contribution in [0.15, 0.2) is 175 Å². The predicted octanol–water partition coefficient (Wildman–Crippen LogP) is 13.0. The molecule has 3 aliphatic rings. The fraction of sp³-hybridized carbons (Fsp3) is 0.0612. The number of para-hydroxylation sites is 2. The lowest BCUT2D eigenvalue weighted by atomic mass is 9.81. The molecule has 0 saturated heterocycles. The van der Waals surface area contributed by atoms with Gasteiger partial charge in [0.25, 0.3) is 0 Å². The Hall–Kier alpha value is -6.23. The van der Waals surface area contributed by atoms with E-state index in [0.29, 0.717) is 0 Å². The minimum atomic E-state index is 0.162. The van der Waals surface area contributed by atoms with E-state index in [0.717, 1.165) is 0 Å². The van der Waals surface area contributed by atoms with Crippen LogP contribution in [0.1, 0.15) is 33.5 Å². The Labute approximate surface area is 311 Å². The molecule has 3 atom stereocenters. The maximum Gasteiger partial charge on any atom is 0.103 e. The second-order valence-electron chi connectivity index (χ2n) is 14.5. The molecule has 3 nitrogen and oxygen atoms in total. The normalized spacial score (nSPS) is 18.3. The number of nitrogens with one attached hydrogen (secondary N) is 1. The summed E-state index contributed by atoms with van der Waals surface area (Å²) in [5, 5.41) is 11.8. The molecule has 0 bridgehead atoms. The highest BCUT2D eigenvalue weighted by Crippen LogP contribution is 2.55. The molecule has 2 aliphatic heterocycles. The van der Waals surface area contributed by atoms with Gasteiger partial charge in [-0.2, -0.15) is 0 Å². The van der Waals surface area contributed by atoms with Crippen LogP contribution in [-0.2, 0) is 0 Å². The van der Waals surface area contributed by atoms with Crippen LogP contribution in [-0.4, -0.2) is 10.6 Å². The number of hydrogen-bond donors (Lipinski definition) is 1. The summed E-state index contributed by atoms with van der Waals surface area (Å²) >= 11 is 1.91. The number of hydrogen-bond acceptors (Lipinski definition) is 3. The Balaban J connectivity index is 1.07. The number of aromatic nitrogens is 1. The van der Waals surface area contributed by atoms with Crippen molar-refractivity contribution >= 4 is 78.3 Å². The summed E-state index contributed by atoms with van der Waals surface area (Å²) in [6.07, 6.45) is 4.77. The third-order valence-corrected chi connectivity index (χ3v) is 12.9. The molecule has 0 fully saturated rings. The summed E-state index contributed by atoms with van der Waals surface area (Å²) in [4.78, 5) is 3.92. The minimum absolute atomic E-state index is 0.162. The fourth-order valence-corrected chi connectivity index (χ4v) is 10.6. The topological polar surface area (TPSA) is 20.2 Å². The zero-order valence-electron chi connectivity index (χ0n) is 28.8. The summed E-state index contributed by atoms with van der Waals surface area (Å²) in [5.41, 5.74) is 12.8. The highest BCUT2D eigenvalue weighted by molar-refractivity contribution is 8.00. The Bertz CT molecular complexity index is 2980. The maximum atomic E-state index is 3.90. The standard InChI is InChI=1S/C49H33N3S/c1-3-12-32(13-4-1)49-50-48-45(53-49)26-22-31-19-20-33-27-35(23-24-37(33)46(31)48)52-42-25-21-30-11-7-8-16-36(30)47(42)40-28-39-38-17-9-10-18-41(38)51(43(39)29-44(40)52)34-14-5-2-6-15-34/h1-29,42,47,49-50H. The number of thioether (sulfide) groups is 1. The molecule has 250 valence electrons. The van der Waals surface area contributed by atoms with Gasteiger partial charge in [0.15, 0.2) is 0 Å². The van der Waals surface area contributed by atoms with E-state index in [2.05, 4.69) is 191 Å². The molecule has 4 heteroatoms. The first-order valence-corrected chi connectivity index (χ1v) is 19.3. The van der Waals surface area contributed by atoms with E-state index in [1.54, 1.807) is 0 Å². The van der Waals surface area contributed by atoms with Crippen molar-refractivity contribution < 1.29 is 0 Å². The maximum absolute atomic E-state index is 3.90. The Morgan fingerprint density at radius 3 is 2.23 bits per heavy atom. The van der Waals surface area contributed by atoms with E-state index in [4.69, 9.17) is 0 Å². The lowest BCUT2D eigenvalue weighted by Gasteiger charge is -2.31. The molecule has 3 heterocycles. The van der Waals surface area contributed by atoms with Crippen molar-refractivity contribution in [3.05, 3.63) is 192 Å². The van der Waals surface area contributed by atoms with Crippen LogP contribution in [0.3, 0.4) is 0 Å². The molecular weight excluding hydrogens is 663 g/mol. The van der Waals surface area contributed by atoms with Crippen LogP contribution < -0.4 is 10.2 Å². The van der Waals surface area contributed by atoms with Gasteiger partial charge >= 0.3 is 0 Å². The number of anilines is 3. The van der Waals surface area contributed by atoms with E-state index in [9.17, 15) is 0 Å². The summed E-state index contributed by atoms with van der Waals surface area (Å²) in [6, 6.07) is 60.8. The fourth-order valence-electron chi connectivity index (χ4n) is 9.42. The van der Waals surface area contributed by atoms with Gasteiger partial charge in [-0.1, -0.05) is 139 Å². The van der Waals surface area contributed by atoms with Crippen LogP contribution in [0.2, 0.25) is 0 Å². The molecule has 0 amide bonds. The van der Waals surface area contributed by atoms with Crippen molar-refractivity contribution in [2.45, 2.75) is 22.2 Å². The van der Waals surface area contributed by atoms with Crippen LogP contribution in [0.25, 0.3) is 55.1 Å². The first kappa shape index (κ1) is 29.4. The van der Waals surface area contributed by atoms with Crippen molar-refractivity contribution in [2.24, 2.45) is 0 Å². The number of fused-ring (bicyclic) bond motifs is 13. The van der Waals surface area contributed by atoms with Crippen LogP contribution in [0.5, 0.6) is 0 Å². The molecule has 53 heavy (non-hydrogen) atoms. The molecule has 1 aliphatic carbocycles. The van der Waals surface area contributed by atoms with E-state index in [1.165, 1.54) is 93.2 Å². The highest BCUT2D eigenvalue weighted by atomic mass is 32.2. The van der Waals surface area contributed by atoms with Crippen molar-refractivity contribution in [1.29, 1.82) is 0 Å². The second kappa shape index (κ2) is 11.1. The second-order valence-corrected chi connectivity index (χ2v) is 15.7. The van der Waals surface area contributed by atoms with Gasteiger partial charge < -0.3 is 14.8 Å². The monoisotopic (exact) mass is 695 g/mol. The van der Waals surface area contributed by atoms with Crippen molar-refractivity contribution in [1.82, 2.24) is 4.57 Å². The van der Waals surface area contributed by atoms with Gasteiger partial charge in [-0.3, -0.25) is 0 Å². The van der Waals surface area contributed by atoms with Crippen LogP contribution in [0, 0.1) is 0 Å². The lowest BCUT2D eigenvalue weighted by molar-refractivity contribution is 0.725. The van der Waals surface area contributed by atoms with Gasteiger partial charge in [-0.25, -0.2) is 0 Å². The SMILES string of the molecule is C1=CC2C(c3ccccc31)c1cc3c4ccccc4n(-c4ccccc4)c3cc1N2c1ccc2c(ccc3ccc4c(c32)NC(c2ccccc2)S4)c1. The molecule has 0 spiro atoms. The van der Waals surface area contributed by atoms with Gasteiger partial charge in [-0.05, 0) is 86.9 Å². The van der Waals surface area contributed by atoms with E-state index in [-0.39, 0.29) is 17.3 Å². The number of rotatable bonds is 3. The molecule has 1 N–H and O–H groups in total. The van der Waals surface area contributed by atoms with Crippen molar-refractivity contribution in [3.8, 4) is 5.69 Å². The van der Waals surface area contributed by atoms with Crippen LogP contribution >= 0.6 is 11.8 Å². The average Bonchev–Trinajstić information content (AvgIpc) is 3.90. The van der Waals surface area contributed by atoms with E-state index >= 15 is 0 Å². The van der Waals surface area contributed by atoms with Gasteiger partial charge in [-0.15, -0.1) is 0 Å².